The molecule has 3 aromatic rings. The number of carbonyl (C=O) groups excluding carboxylic acids is 1. The van der Waals surface area contributed by atoms with Crippen LogP contribution in [-0.2, 0) is 11.3 Å². The number of allylic oxidation sites excluding steroid dienone is 1. The lowest BCUT2D eigenvalue weighted by Crippen LogP contribution is -2.33. The normalized spacial score (nSPS) is 13.8. The van der Waals surface area contributed by atoms with Gasteiger partial charge in [-0.05, 0) is 56.7 Å². The number of hydrogen-bond donors (Lipinski definition) is 1. The zero-order valence-corrected chi connectivity index (χ0v) is 19.6. The van der Waals surface area contributed by atoms with Crippen LogP contribution >= 0.6 is 15.9 Å². The third-order valence-corrected chi connectivity index (χ3v) is 6.07. The molecule has 2 aromatic carbocycles. The second-order valence-corrected chi connectivity index (χ2v) is 8.45. The molecule has 1 aromatic heterocycles. The fraction of sp³-hybridized carbons (Fsp3) is 0.250. The SMILES string of the molecule is CCN(CC)C(=O)Cn1c(O)c(/C(C#N)=C2\N=c3ccc(C)cc3=N2)c2cc(Br)ccc21. The molecule has 0 aliphatic carbocycles. The number of amides is 1. The van der Waals surface area contributed by atoms with Crippen molar-refractivity contribution >= 4 is 38.3 Å². The first-order valence-electron chi connectivity index (χ1n) is 10.3. The van der Waals surface area contributed by atoms with Gasteiger partial charge in [-0.15, -0.1) is 0 Å². The molecular weight excluding hydrogens is 470 g/mol. The summed E-state index contributed by atoms with van der Waals surface area (Å²) in [6.07, 6.45) is 0. The summed E-state index contributed by atoms with van der Waals surface area (Å²) in [4.78, 5) is 23.6. The fourth-order valence-corrected chi connectivity index (χ4v) is 4.29. The lowest BCUT2D eigenvalue weighted by Gasteiger charge is -2.19. The molecule has 162 valence electrons. The third-order valence-electron chi connectivity index (χ3n) is 5.58. The van der Waals surface area contributed by atoms with E-state index in [4.69, 9.17) is 0 Å². The van der Waals surface area contributed by atoms with Crippen LogP contribution < -0.4 is 10.7 Å². The summed E-state index contributed by atoms with van der Waals surface area (Å²) in [6.45, 7) is 6.92. The van der Waals surface area contributed by atoms with E-state index in [1.165, 1.54) is 0 Å². The summed E-state index contributed by atoms with van der Waals surface area (Å²) in [5, 5.41) is 23.3. The van der Waals surface area contributed by atoms with Crippen molar-refractivity contribution in [3.05, 3.63) is 68.5 Å². The Morgan fingerprint density at radius 2 is 1.88 bits per heavy atom. The summed E-state index contributed by atoms with van der Waals surface area (Å²) in [5.41, 5.74) is 2.18. The number of aryl methyl sites for hydroxylation is 1. The summed E-state index contributed by atoms with van der Waals surface area (Å²) < 4.78 is 2.34. The van der Waals surface area contributed by atoms with Crippen LogP contribution in [0.3, 0.4) is 0 Å². The van der Waals surface area contributed by atoms with E-state index in [9.17, 15) is 15.2 Å². The molecule has 1 amide bonds. The Morgan fingerprint density at radius 1 is 1.16 bits per heavy atom. The molecule has 1 N–H and O–H groups in total. The van der Waals surface area contributed by atoms with E-state index in [0.29, 0.717) is 40.3 Å². The van der Waals surface area contributed by atoms with Crippen molar-refractivity contribution in [1.82, 2.24) is 9.47 Å². The number of rotatable bonds is 5. The number of fused-ring (bicyclic) bond motifs is 2. The maximum Gasteiger partial charge on any atom is 0.242 e. The number of halogens is 1. The smallest absolute Gasteiger partial charge is 0.242 e. The number of hydrogen-bond acceptors (Lipinski definition) is 5. The van der Waals surface area contributed by atoms with Crippen molar-refractivity contribution in [2.45, 2.75) is 27.3 Å². The number of nitriles is 1. The minimum absolute atomic E-state index is 0.0343. The zero-order valence-electron chi connectivity index (χ0n) is 18.1. The van der Waals surface area contributed by atoms with E-state index in [2.05, 4.69) is 32.0 Å². The molecule has 0 atom stereocenters. The van der Waals surface area contributed by atoms with Gasteiger partial charge >= 0.3 is 0 Å². The Labute approximate surface area is 193 Å². The highest BCUT2D eigenvalue weighted by molar-refractivity contribution is 9.10. The van der Waals surface area contributed by atoms with Crippen molar-refractivity contribution in [1.29, 1.82) is 5.26 Å². The molecule has 0 saturated carbocycles. The van der Waals surface area contributed by atoms with Gasteiger partial charge < -0.3 is 14.6 Å². The van der Waals surface area contributed by atoms with Gasteiger partial charge in [-0.1, -0.05) is 22.0 Å². The molecule has 4 rings (SSSR count). The zero-order chi connectivity index (χ0) is 23.0. The molecule has 8 heteroatoms. The quantitative estimate of drug-likeness (QED) is 0.553. The number of aromatic nitrogens is 1. The molecular formula is C24H22BrN5O2. The van der Waals surface area contributed by atoms with E-state index in [0.717, 1.165) is 10.0 Å². The minimum Gasteiger partial charge on any atom is -0.494 e. The van der Waals surface area contributed by atoms with Gasteiger partial charge in [0.2, 0.25) is 11.8 Å². The molecule has 1 aliphatic rings. The highest BCUT2D eigenvalue weighted by Gasteiger charge is 2.25. The molecule has 0 unspecified atom stereocenters. The van der Waals surface area contributed by atoms with Crippen molar-refractivity contribution in [2.24, 2.45) is 9.98 Å². The monoisotopic (exact) mass is 491 g/mol. The molecule has 1 aliphatic heterocycles. The maximum atomic E-state index is 12.8. The molecule has 0 saturated heterocycles. The highest BCUT2D eigenvalue weighted by atomic mass is 79.9. The average molecular weight is 492 g/mol. The number of carbonyl (C=O) groups is 1. The van der Waals surface area contributed by atoms with Crippen LogP contribution in [-0.4, -0.2) is 33.6 Å². The molecule has 7 nitrogen and oxygen atoms in total. The van der Waals surface area contributed by atoms with Gasteiger partial charge in [-0.25, -0.2) is 9.98 Å². The Balaban J connectivity index is 1.95. The first kappa shape index (κ1) is 21.8. The number of likely N-dealkylation sites (N-methyl/N-ethyl adjacent to an activating group) is 1. The van der Waals surface area contributed by atoms with Gasteiger partial charge in [0, 0.05) is 22.9 Å². The molecule has 0 radical (unpaired) electrons. The molecule has 0 spiro atoms. The van der Waals surface area contributed by atoms with Gasteiger partial charge in [0.05, 0.1) is 21.8 Å². The molecule has 0 fully saturated rings. The van der Waals surface area contributed by atoms with E-state index in [-0.39, 0.29) is 29.7 Å². The van der Waals surface area contributed by atoms with Gasteiger partial charge in [0.15, 0.2) is 5.82 Å². The van der Waals surface area contributed by atoms with Crippen LogP contribution in [0.2, 0.25) is 0 Å². The Hall–Kier alpha value is -3.44. The van der Waals surface area contributed by atoms with Crippen LogP contribution in [0.25, 0.3) is 16.5 Å². The Morgan fingerprint density at radius 3 is 2.56 bits per heavy atom. The van der Waals surface area contributed by atoms with Crippen LogP contribution in [0.4, 0.5) is 0 Å². The standard InChI is InChI=1S/C24H22BrN5O2/c1-4-29(5-2)21(31)13-30-20-9-7-15(25)11-16(20)22(24(30)32)17(12-26)23-27-18-8-6-14(3)10-19(18)28-23/h6-11,32H,4-5,13H2,1-3H3/b23-17+. The molecule has 2 heterocycles. The predicted octanol–water partition coefficient (Wildman–Crippen LogP) is 3.43. The third kappa shape index (κ3) is 3.69. The highest BCUT2D eigenvalue weighted by Crippen LogP contribution is 2.39. The second kappa shape index (κ2) is 8.60. The largest absolute Gasteiger partial charge is 0.494 e. The topological polar surface area (TPSA) is 94.0 Å². The Kier molecular flexibility index (Phi) is 5.85. The fourth-order valence-electron chi connectivity index (χ4n) is 3.93. The van der Waals surface area contributed by atoms with Crippen molar-refractivity contribution < 1.29 is 9.90 Å². The van der Waals surface area contributed by atoms with Crippen LogP contribution in [0.5, 0.6) is 5.88 Å². The van der Waals surface area contributed by atoms with Crippen molar-refractivity contribution in [2.75, 3.05) is 13.1 Å². The minimum atomic E-state index is -0.153. The Bertz CT molecular complexity index is 1440. The number of aromatic hydroxyl groups is 1. The predicted molar refractivity (Wildman–Crippen MR) is 125 cm³/mol. The van der Waals surface area contributed by atoms with Gasteiger partial charge in [0.25, 0.3) is 0 Å². The van der Waals surface area contributed by atoms with E-state index in [1.807, 2.05) is 57.2 Å². The lowest BCUT2D eigenvalue weighted by molar-refractivity contribution is -0.131. The first-order chi connectivity index (χ1) is 15.4. The maximum absolute atomic E-state index is 12.8. The molecule has 32 heavy (non-hydrogen) atoms. The molecule has 0 bridgehead atoms. The van der Waals surface area contributed by atoms with Crippen LogP contribution in [0, 0.1) is 18.3 Å². The van der Waals surface area contributed by atoms with E-state index in [1.54, 1.807) is 9.47 Å². The summed E-state index contributed by atoms with van der Waals surface area (Å²) >= 11 is 3.47. The van der Waals surface area contributed by atoms with E-state index >= 15 is 0 Å². The van der Waals surface area contributed by atoms with Crippen LogP contribution in [0.15, 0.2) is 56.7 Å². The number of nitrogens with zero attached hydrogens (tertiary/aromatic N) is 5. The van der Waals surface area contributed by atoms with Gasteiger partial charge in [-0.2, -0.15) is 5.26 Å². The second-order valence-electron chi connectivity index (χ2n) is 7.54. The summed E-state index contributed by atoms with van der Waals surface area (Å²) in [5.74, 6) is -0.0151. The summed E-state index contributed by atoms with van der Waals surface area (Å²) in [7, 11) is 0. The van der Waals surface area contributed by atoms with Crippen molar-refractivity contribution in [3.63, 3.8) is 0 Å². The van der Waals surface area contributed by atoms with Gasteiger partial charge in [0.1, 0.15) is 18.2 Å². The lowest BCUT2D eigenvalue weighted by atomic mass is 10.1. The first-order valence-corrected chi connectivity index (χ1v) is 11.1. The van der Waals surface area contributed by atoms with Crippen molar-refractivity contribution in [3.8, 4) is 11.9 Å². The van der Waals surface area contributed by atoms with Gasteiger partial charge in [-0.3, -0.25) is 4.79 Å². The summed E-state index contributed by atoms with van der Waals surface area (Å²) in [6, 6.07) is 13.4. The average Bonchev–Trinajstić information content (AvgIpc) is 3.29. The number of benzene rings is 2. The van der Waals surface area contributed by atoms with Crippen LogP contribution in [0.1, 0.15) is 25.0 Å². The van der Waals surface area contributed by atoms with E-state index < -0.39 is 0 Å².